The van der Waals surface area contributed by atoms with Crippen LogP contribution >= 0.6 is 11.6 Å². The van der Waals surface area contributed by atoms with E-state index in [0.29, 0.717) is 22.6 Å². The highest BCUT2D eigenvalue weighted by atomic mass is 35.5. The normalized spacial score (nSPS) is 11.5. The van der Waals surface area contributed by atoms with Gasteiger partial charge in [-0.15, -0.1) is 5.10 Å². The van der Waals surface area contributed by atoms with Crippen molar-refractivity contribution in [2.75, 3.05) is 11.8 Å². The molecule has 1 N–H and O–H groups in total. The largest absolute Gasteiger partial charge is 0.495 e. The lowest BCUT2D eigenvalue weighted by Crippen LogP contribution is -2.21. The van der Waals surface area contributed by atoms with Crippen LogP contribution in [0.25, 0.3) is 5.65 Å². The van der Waals surface area contributed by atoms with Gasteiger partial charge < -0.3 is 4.74 Å². The lowest BCUT2D eigenvalue weighted by molar-refractivity contribution is 0.414. The maximum Gasteiger partial charge on any atom is 0.350 e. The summed E-state index contributed by atoms with van der Waals surface area (Å²) >= 11 is 6.04. The monoisotopic (exact) mass is 444 g/mol. The molecule has 0 spiro atoms. The van der Waals surface area contributed by atoms with Crippen molar-refractivity contribution in [2.24, 2.45) is 0 Å². The van der Waals surface area contributed by atoms with Crippen molar-refractivity contribution in [1.29, 1.82) is 0 Å². The molecule has 154 valence electrons. The van der Waals surface area contributed by atoms with Crippen LogP contribution in [0.1, 0.15) is 5.56 Å². The van der Waals surface area contributed by atoms with E-state index in [1.165, 1.54) is 34.4 Å². The van der Waals surface area contributed by atoms with E-state index >= 15 is 0 Å². The van der Waals surface area contributed by atoms with Gasteiger partial charge >= 0.3 is 5.69 Å². The molecule has 2 aromatic carbocycles. The number of nitrogens with one attached hydrogen (secondary N) is 1. The Hall–Kier alpha value is -3.30. The average molecular weight is 445 g/mol. The fraction of sp³-hybridized carbons (Fsp3) is 0.100. The second-order valence-electron chi connectivity index (χ2n) is 6.47. The van der Waals surface area contributed by atoms with E-state index < -0.39 is 10.0 Å². The first-order valence-electron chi connectivity index (χ1n) is 8.87. The topological polar surface area (TPSA) is 94.7 Å². The highest BCUT2D eigenvalue weighted by Crippen LogP contribution is 2.28. The zero-order chi connectivity index (χ0) is 21.3. The molecule has 10 heteroatoms. The highest BCUT2D eigenvalue weighted by Gasteiger charge is 2.17. The zero-order valence-corrected chi connectivity index (χ0v) is 17.4. The molecule has 2 heterocycles. The summed E-state index contributed by atoms with van der Waals surface area (Å²) in [6, 6.07) is 16.3. The van der Waals surface area contributed by atoms with E-state index in [1.807, 2.05) is 0 Å². The highest BCUT2D eigenvalue weighted by molar-refractivity contribution is 7.92. The number of pyridine rings is 1. The maximum absolute atomic E-state index is 12.7. The average Bonchev–Trinajstić information content (AvgIpc) is 3.03. The standard InChI is InChI=1S/C20H17ClN4O4S/c1-29-18-9-8-16(12-17(18)21)30(27,28)23-15-6-4-5-14(11-15)13-25-20(26)24-10-3-2-7-19(24)22-25/h2-12,23H,13H2,1H3. The predicted octanol–water partition coefficient (Wildman–Crippen LogP) is 3.01. The molecule has 0 saturated carbocycles. The van der Waals surface area contributed by atoms with Gasteiger partial charge in [0.05, 0.1) is 23.6 Å². The molecule has 0 atom stereocenters. The summed E-state index contributed by atoms with van der Waals surface area (Å²) in [5, 5.41) is 4.48. The molecule has 0 bridgehead atoms. The molecule has 4 aromatic rings. The molecule has 0 amide bonds. The number of rotatable bonds is 6. The number of halogens is 1. The molecule has 0 aliphatic heterocycles. The summed E-state index contributed by atoms with van der Waals surface area (Å²) in [7, 11) is -2.41. The third-order valence-corrected chi connectivity index (χ3v) is 6.11. The van der Waals surface area contributed by atoms with Crippen molar-refractivity contribution in [3.63, 3.8) is 0 Å². The van der Waals surface area contributed by atoms with Crippen LogP contribution in [0.3, 0.4) is 0 Å². The van der Waals surface area contributed by atoms with Gasteiger partial charge in [-0.3, -0.25) is 9.12 Å². The Morgan fingerprint density at radius 3 is 2.67 bits per heavy atom. The number of hydrogen-bond donors (Lipinski definition) is 1. The summed E-state index contributed by atoms with van der Waals surface area (Å²) in [6.45, 7) is 0.199. The Labute approximate surface area is 177 Å². The van der Waals surface area contributed by atoms with Gasteiger partial charge in [0.1, 0.15) is 5.75 Å². The van der Waals surface area contributed by atoms with Crippen LogP contribution in [0.4, 0.5) is 5.69 Å². The molecule has 0 radical (unpaired) electrons. The van der Waals surface area contributed by atoms with Gasteiger partial charge in [0.25, 0.3) is 10.0 Å². The minimum absolute atomic E-state index is 0.00951. The van der Waals surface area contributed by atoms with Gasteiger partial charge in [0.15, 0.2) is 5.65 Å². The lowest BCUT2D eigenvalue weighted by Gasteiger charge is -2.11. The quantitative estimate of drug-likeness (QED) is 0.493. The van der Waals surface area contributed by atoms with Crippen molar-refractivity contribution in [1.82, 2.24) is 14.2 Å². The SMILES string of the molecule is COc1ccc(S(=O)(=O)Nc2cccc(Cn3nc4ccccn4c3=O)c2)cc1Cl. The minimum atomic E-state index is -3.86. The molecule has 0 fully saturated rings. The van der Waals surface area contributed by atoms with Crippen molar-refractivity contribution in [3.8, 4) is 5.75 Å². The second kappa shape index (κ2) is 7.85. The van der Waals surface area contributed by atoms with Gasteiger partial charge in [0, 0.05) is 11.9 Å². The Bertz CT molecular complexity index is 1400. The van der Waals surface area contributed by atoms with E-state index in [0.717, 1.165) is 0 Å². The van der Waals surface area contributed by atoms with Crippen LogP contribution in [-0.4, -0.2) is 29.7 Å². The van der Waals surface area contributed by atoms with Gasteiger partial charge in [-0.25, -0.2) is 17.9 Å². The Morgan fingerprint density at radius 1 is 1.10 bits per heavy atom. The van der Waals surface area contributed by atoms with E-state index in [1.54, 1.807) is 48.7 Å². The number of nitrogens with zero attached hydrogens (tertiary/aromatic N) is 3. The number of methoxy groups -OCH3 is 1. The molecular weight excluding hydrogens is 428 g/mol. The number of ether oxygens (including phenoxy) is 1. The number of benzene rings is 2. The number of fused-ring (bicyclic) bond motifs is 1. The van der Waals surface area contributed by atoms with Crippen molar-refractivity contribution < 1.29 is 13.2 Å². The fourth-order valence-electron chi connectivity index (χ4n) is 3.01. The van der Waals surface area contributed by atoms with Gasteiger partial charge in [-0.2, -0.15) is 0 Å². The van der Waals surface area contributed by atoms with Crippen molar-refractivity contribution >= 4 is 33.0 Å². The Morgan fingerprint density at radius 2 is 1.93 bits per heavy atom. The first-order chi connectivity index (χ1) is 14.4. The molecule has 4 rings (SSSR count). The van der Waals surface area contributed by atoms with Crippen LogP contribution in [0.2, 0.25) is 5.02 Å². The van der Waals surface area contributed by atoms with Gasteiger partial charge in [-0.1, -0.05) is 29.8 Å². The third kappa shape index (κ3) is 3.89. The van der Waals surface area contributed by atoms with Crippen LogP contribution in [0.5, 0.6) is 5.75 Å². The van der Waals surface area contributed by atoms with Crippen LogP contribution in [-0.2, 0) is 16.6 Å². The summed E-state index contributed by atoms with van der Waals surface area (Å²) in [5.74, 6) is 0.385. The van der Waals surface area contributed by atoms with Crippen LogP contribution < -0.4 is 15.1 Å². The summed E-state index contributed by atoms with van der Waals surface area (Å²) < 4.78 is 35.8. The second-order valence-corrected chi connectivity index (χ2v) is 8.56. The Kier molecular flexibility index (Phi) is 5.23. The molecule has 0 saturated heterocycles. The van der Waals surface area contributed by atoms with Crippen molar-refractivity contribution in [2.45, 2.75) is 11.4 Å². The number of sulfonamides is 1. The Balaban J connectivity index is 1.59. The molecular formula is C20H17ClN4O4S. The van der Waals surface area contributed by atoms with E-state index in [-0.39, 0.29) is 22.2 Å². The van der Waals surface area contributed by atoms with Crippen LogP contribution in [0.15, 0.2) is 76.6 Å². The lowest BCUT2D eigenvalue weighted by atomic mass is 10.2. The van der Waals surface area contributed by atoms with Crippen molar-refractivity contribution in [3.05, 3.63) is 87.9 Å². The number of anilines is 1. The summed E-state index contributed by atoms with van der Waals surface area (Å²) in [5.41, 5.74) is 1.34. The van der Waals surface area contributed by atoms with Gasteiger partial charge in [0.2, 0.25) is 0 Å². The zero-order valence-electron chi connectivity index (χ0n) is 15.8. The number of hydrogen-bond acceptors (Lipinski definition) is 5. The molecule has 2 aromatic heterocycles. The maximum atomic E-state index is 12.7. The first kappa shape index (κ1) is 20.0. The summed E-state index contributed by atoms with van der Waals surface area (Å²) in [6.07, 6.45) is 1.64. The molecule has 0 aliphatic carbocycles. The molecule has 30 heavy (non-hydrogen) atoms. The third-order valence-electron chi connectivity index (χ3n) is 4.43. The molecule has 8 nitrogen and oxygen atoms in total. The predicted molar refractivity (Wildman–Crippen MR) is 114 cm³/mol. The smallest absolute Gasteiger partial charge is 0.350 e. The van der Waals surface area contributed by atoms with Gasteiger partial charge in [-0.05, 0) is 48.0 Å². The number of aromatic nitrogens is 3. The molecule has 0 aliphatic rings. The first-order valence-corrected chi connectivity index (χ1v) is 10.7. The molecule has 0 unspecified atom stereocenters. The summed E-state index contributed by atoms with van der Waals surface area (Å²) in [4.78, 5) is 12.5. The minimum Gasteiger partial charge on any atom is -0.495 e. The van der Waals surface area contributed by atoms with E-state index in [4.69, 9.17) is 16.3 Å². The van der Waals surface area contributed by atoms with E-state index in [9.17, 15) is 13.2 Å². The van der Waals surface area contributed by atoms with E-state index in [2.05, 4.69) is 9.82 Å². The van der Waals surface area contributed by atoms with Crippen LogP contribution in [0, 0.1) is 0 Å². The fourth-order valence-corrected chi connectivity index (χ4v) is 4.40.